The normalized spacial score (nSPS) is 11.1. The predicted molar refractivity (Wildman–Crippen MR) is 321 cm³/mol. The third-order valence-electron chi connectivity index (χ3n) is 14.2. The molecule has 0 amide bonds. The van der Waals surface area contributed by atoms with Gasteiger partial charge in [0.05, 0.1) is 45.6 Å². The summed E-state index contributed by atoms with van der Waals surface area (Å²) in [5, 5.41) is 0. The van der Waals surface area contributed by atoms with Gasteiger partial charge in [0.25, 0.3) is 0 Å². The molecule has 5 nitrogen and oxygen atoms in total. The van der Waals surface area contributed by atoms with Crippen LogP contribution in [-0.4, -0.2) is 24.9 Å². The minimum absolute atomic E-state index is 0.829. The summed E-state index contributed by atoms with van der Waals surface area (Å²) in [4.78, 5) is 24.9. The number of nitrogens with zero attached hydrogens (tertiary/aromatic N) is 5. The molecule has 0 aliphatic heterocycles. The maximum absolute atomic E-state index is 5.23. The highest BCUT2D eigenvalue weighted by Crippen LogP contribution is 2.38. The third-order valence-corrected chi connectivity index (χ3v) is 14.2. The molecule has 0 aliphatic carbocycles. The van der Waals surface area contributed by atoms with Crippen molar-refractivity contribution in [1.29, 1.82) is 0 Å². The quantitative estimate of drug-likeness (QED) is 0.122. The molecule has 0 radical (unpaired) electrons. The Kier molecular flexibility index (Phi) is 13.0. The second kappa shape index (κ2) is 21.4. The standard InChI is InChI=1S/C73H49N5/c1-5-17-50(18-6-1)63-44-68(56-23-11-4-12-24-56)76-69(45-63)57-33-27-53(28-34-57)60-41-61(54-29-35-58(36-30-54)70-46-64(51-19-7-2-8-20-51)48-72(77-70)66-25-13-15-39-74-66)43-62(42-60)55-31-37-59(38-32-55)71-47-65(52-21-9-3-10-22-52)49-73(78-71)67-26-14-16-40-75-67/h1-49H. The number of hydrogen-bond donors (Lipinski definition) is 0. The Labute approximate surface area is 454 Å². The van der Waals surface area contributed by atoms with Crippen molar-refractivity contribution in [3.8, 4) is 135 Å². The lowest BCUT2D eigenvalue weighted by Gasteiger charge is -2.14. The van der Waals surface area contributed by atoms with Crippen molar-refractivity contribution < 1.29 is 0 Å². The van der Waals surface area contributed by atoms with Crippen molar-refractivity contribution >= 4 is 0 Å². The summed E-state index contributed by atoms with van der Waals surface area (Å²) >= 11 is 0. The Morgan fingerprint density at radius 2 is 0.359 bits per heavy atom. The molecular weight excluding hydrogens is 947 g/mol. The highest BCUT2D eigenvalue weighted by atomic mass is 14.8. The van der Waals surface area contributed by atoms with E-state index in [1.807, 2.05) is 67.0 Å². The van der Waals surface area contributed by atoms with Crippen LogP contribution in [0.1, 0.15) is 0 Å². The van der Waals surface area contributed by atoms with Gasteiger partial charge in [0, 0.05) is 34.6 Å². The minimum Gasteiger partial charge on any atom is -0.255 e. The predicted octanol–water partition coefficient (Wildman–Crippen LogP) is 18.7. The maximum Gasteiger partial charge on any atom is 0.0899 e. The molecular formula is C73H49N5. The molecule has 0 unspecified atom stereocenters. The van der Waals surface area contributed by atoms with E-state index in [0.717, 1.165) is 135 Å². The molecule has 0 fully saturated rings. The van der Waals surface area contributed by atoms with E-state index in [-0.39, 0.29) is 0 Å². The van der Waals surface area contributed by atoms with Crippen LogP contribution in [0.15, 0.2) is 298 Å². The van der Waals surface area contributed by atoms with Crippen LogP contribution < -0.4 is 0 Å². The van der Waals surface area contributed by atoms with Gasteiger partial charge < -0.3 is 0 Å². The van der Waals surface area contributed by atoms with E-state index in [2.05, 4.69) is 240 Å². The summed E-state index contributed by atoms with van der Waals surface area (Å²) < 4.78 is 0. The molecule has 13 aromatic rings. The number of pyridine rings is 5. The molecule has 0 spiro atoms. The molecule has 0 N–H and O–H groups in total. The molecule has 78 heavy (non-hydrogen) atoms. The summed E-state index contributed by atoms with van der Waals surface area (Å²) in [6.45, 7) is 0. The molecule has 0 saturated carbocycles. The summed E-state index contributed by atoms with van der Waals surface area (Å²) in [6.07, 6.45) is 3.63. The smallest absolute Gasteiger partial charge is 0.0899 e. The highest BCUT2D eigenvalue weighted by Gasteiger charge is 2.15. The lowest BCUT2D eigenvalue weighted by molar-refractivity contribution is 1.25. The molecule has 0 saturated heterocycles. The van der Waals surface area contributed by atoms with Crippen molar-refractivity contribution in [3.63, 3.8) is 0 Å². The van der Waals surface area contributed by atoms with Crippen LogP contribution in [0.2, 0.25) is 0 Å². The van der Waals surface area contributed by atoms with Crippen LogP contribution in [-0.2, 0) is 0 Å². The highest BCUT2D eigenvalue weighted by molar-refractivity contribution is 5.85. The Morgan fingerprint density at radius 3 is 0.654 bits per heavy atom. The van der Waals surface area contributed by atoms with Gasteiger partial charge in [-0.05, 0) is 146 Å². The SMILES string of the molecule is c1ccc(-c2cc(-c3ccccc3)nc(-c3ccc(-c4cc(-c5ccc(-c6cc(-c7ccccc7)cc(-c7ccccn7)n6)cc5)cc(-c5ccc(-c6cc(-c7ccccc7)cc(-c7ccccn7)n6)cc5)c4)cc3)c2)cc1. The number of aromatic nitrogens is 5. The molecule has 0 atom stereocenters. The van der Waals surface area contributed by atoms with Crippen molar-refractivity contribution in [2.24, 2.45) is 0 Å². The van der Waals surface area contributed by atoms with Gasteiger partial charge in [-0.15, -0.1) is 0 Å². The van der Waals surface area contributed by atoms with Crippen molar-refractivity contribution in [3.05, 3.63) is 298 Å². The molecule has 8 aromatic carbocycles. The van der Waals surface area contributed by atoms with Gasteiger partial charge in [-0.1, -0.05) is 206 Å². The summed E-state index contributed by atoms with van der Waals surface area (Å²) in [5.41, 5.74) is 24.4. The summed E-state index contributed by atoms with van der Waals surface area (Å²) in [7, 11) is 0. The number of hydrogen-bond acceptors (Lipinski definition) is 5. The summed E-state index contributed by atoms with van der Waals surface area (Å²) in [6, 6.07) is 100. The monoisotopic (exact) mass is 995 g/mol. The summed E-state index contributed by atoms with van der Waals surface area (Å²) in [5.74, 6) is 0. The van der Waals surface area contributed by atoms with Gasteiger partial charge in [-0.25, -0.2) is 15.0 Å². The van der Waals surface area contributed by atoms with E-state index >= 15 is 0 Å². The Hall–Kier alpha value is -10.5. The minimum atomic E-state index is 0.829. The van der Waals surface area contributed by atoms with Crippen molar-refractivity contribution in [1.82, 2.24) is 24.9 Å². The van der Waals surface area contributed by atoms with E-state index < -0.39 is 0 Å². The first-order valence-corrected chi connectivity index (χ1v) is 26.2. The fourth-order valence-electron chi connectivity index (χ4n) is 10.1. The maximum atomic E-state index is 5.23. The van der Waals surface area contributed by atoms with Crippen LogP contribution in [0.25, 0.3) is 135 Å². The zero-order valence-electron chi connectivity index (χ0n) is 42.5. The fourth-order valence-corrected chi connectivity index (χ4v) is 10.1. The van der Waals surface area contributed by atoms with Crippen LogP contribution in [0.5, 0.6) is 0 Å². The first-order chi connectivity index (χ1) is 38.6. The van der Waals surface area contributed by atoms with E-state index in [0.29, 0.717) is 0 Å². The fraction of sp³-hybridized carbons (Fsp3) is 0. The molecule has 5 heteroatoms. The van der Waals surface area contributed by atoms with E-state index in [4.69, 9.17) is 15.0 Å². The molecule has 0 aliphatic rings. The second-order valence-electron chi connectivity index (χ2n) is 19.3. The van der Waals surface area contributed by atoms with E-state index in [1.54, 1.807) is 0 Å². The molecule has 366 valence electrons. The largest absolute Gasteiger partial charge is 0.255 e. The zero-order valence-corrected chi connectivity index (χ0v) is 42.5. The lowest BCUT2D eigenvalue weighted by atomic mass is 9.91. The average Bonchev–Trinajstić information content (AvgIpc) is 3.55. The average molecular weight is 996 g/mol. The Balaban J connectivity index is 0.892. The van der Waals surface area contributed by atoms with Gasteiger partial charge in [0.1, 0.15) is 0 Å². The number of rotatable bonds is 12. The Bertz CT molecular complexity index is 3550. The van der Waals surface area contributed by atoms with E-state index in [9.17, 15) is 0 Å². The third kappa shape index (κ3) is 10.2. The van der Waals surface area contributed by atoms with Gasteiger partial charge >= 0.3 is 0 Å². The van der Waals surface area contributed by atoms with Crippen LogP contribution >= 0.6 is 0 Å². The van der Waals surface area contributed by atoms with Gasteiger partial charge in [-0.2, -0.15) is 0 Å². The van der Waals surface area contributed by atoms with Gasteiger partial charge in [0.2, 0.25) is 0 Å². The second-order valence-corrected chi connectivity index (χ2v) is 19.3. The first kappa shape index (κ1) is 47.2. The number of benzene rings is 8. The zero-order chi connectivity index (χ0) is 52.0. The van der Waals surface area contributed by atoms with Crippen molar-refractivity contribution in [2.75, 3.05) is 0 Å². The van der Waals surface area contributed by atoms with Crippen molar-refractivity contribution in [2.45, 2.75) is 0 Å². The van der Waals surface area contributed by atoms with Gasteiger partial charge in [-0.3, -0.25) is 9.97 Å². The lowest BCUT2D eigenvalue weighted by Crippen LogP contribution is -1.93. The van der Waals surface area contributed by atoms with Gasteiger partial charge in [0.15, 0.2) is 0 Å². The van der Waals surface area contributed by atoms with Crippen LogP contribution in [0, 0.1) is 0 Å². The Morgan fingerprint density at radius 1 is 0.141 bits per heavy atom. The molecule has 13 rings (SSSR count). The molecule has 5 heterocycles. The van der Waals surface area contributed by atoms with E-state index in [1.165, 1.54) is 0 Å². The van der Waals surface area contributed by atoms with Crippen LogP contribution in [0.3, 0.4) is 0 Å². The topological polar surface area (TPSA) is 64.5 Å². The first-order valence-electron chi connectivity index (χ1n) is 26.2. The molecule has 0 bridgehead atoms. The van der Waals surface area contributed by atoms with Crippen LogP contribution in [0.4, 0.5) is 0 Å². The molecule has 5 aromatic heterocycles.